The van der Waals surface area contributed by atoms with E-state index in [0.29, 0.717) is 34.4 Å². The van der Waals surface area contributed by atoms with Crippen LogP contribution in [0.3, 0.4) is 0 Å². The maximum Gasteiger partial charge on any atom is 0.143 e. The van der Waals surface area contributed by atoms with Gasteiger partial charge in [-0.25, -0.2) is 0 Å². The van der Waals surface area contributed by atoms with Gasteiger partial charge in [-0.1, -0.05) is 23.2 Å². The molecule has 0 aromatic heterocycles. The summed E-state index contributed by atoms with van der Waals surface area (Å²) in [5.41, 5.74) is 0.671. The minimum atomic E-state index is -0.627. The topological polar surface area (TPSA) is 44.7 Å². The molecule has 1 heterocycles. The molecule has 21 heavy (non-hydrogen) atoms. The third kappa shape index (κ3) is 4.73. The predicted octanol–water partition coefficient (Wildman–Crippen LogP) is 2.72. The van der Waals surface area contributed by atoms with Crippen LogP contribution >= 0.6 is 23.2 Å². The van der Waals surface area contributed by atoms with Crippen LogP contribution in [-0.2, 0) is 0 Å². The first-order chi connectivity index (χ1) is 10.1. The summed E-state index contributed by atoms with van der Waals surface area (Å²) >= 11 is 12.2. The van der Waals surface area contributed by atoms with E-state index >= 15 is 0 Å². The highest BCUT2D eigenvalue weighted by Crippen LogP contribution is 2.37. The fraction of sp³-hybridized carbons (Fsp3) is 0.600. The molecular weight excluding hydrogens is 311 g/mol. The van der Waals surface area contributed by atoms with E-state index in [0.717, 1.165) is 32.7 Å². The number of halogens is 2. The van der Waals surface area contributed by atoms with Crippen LogP contribution in [0.1, 0.15) is 25.0 Å². The van der Waals surface area contributed by atoms with Crippen LogP contribution in [0.4, 0.5) is 0 Å². The molecule has 1 aromatic carbocycles. The Morgan fingerprint density at radius 2 is 2.05 bits per heavy atom. The Kier molecular flexibility index (Phi) is 6.58. The van der Waals surface area contributed by atoms with Crippen molar-refractivity contribution in [2.75, 3.05) is 39.3 Å². The Labute approximate surface area is 136 Å². The van der Waals surface area contributed by atoms with Crippen molar-refractivity contribution in [2.45, 2.75) is 19.4 Å². The number of nitrogens with one attached hydrogen (secondary N) is 1. The number of ether oxygens (including phenoxy) is 1. The smallest absolute Gasteiger partial charge is 0.143 e. The summed E-state index contributed by atoms with van der Waals surface area (Å²) in [6.45, 7) is 7.27. The summed E-state index contributed by atoms with van der Waals surface area (Å²) in [6, 6.07) is 3.38. The second-order valence-electron chi connectivity index (χ2n) is 5.14. The Morgan fingerprint density at radius 1 is 1.33 bits per heavy atom. The molecule has 1 saturated heterocycles. The van der Waals surface area contributed by atoms with Crippen molar-refractivity contribution in [3.63, 3.8) is 0 Å². The Balaban J connectivity index is 2.04. The van der Waals surface area contributed by atoms with Gasteiger partial charge in [-0.05, 0) is 25.5 Å². The number of rotatable bonds is 6. The zero-order chi connectivity index (χ0) is 15.2. The molecule has 1 aromatic rings. The fourth-order valence-corrected chi connectivity index (χ4v) is 3.08. The highest BCUT2D eigenvalue weighted by Gasteiger charge is 2.19. The summed E-state index contributed by atoms with van der Waals surface area (Å²) in [5, 5.41) is 14.7. The van der Waals surface area contributed by atoms with Gasteiger partial charge in [0.2, 0.25) is 0 Å². The number of aliphatic hydroxyl groups excluding tert-OH is 1. The summed E-state index contributed by atoms with van der Waals surface area (Å²) in [7, 11) is 0. The average Bonchev–Trinajstić information content (AvgIpc) is 2.48. The number of hydrogen-bond donors (Lipinski definition) is 2. The van der Waals surface area contributed by atoms with Gasteiger partial charge in [0.25, 0.3) is 0 Å². The molecule has 0 bridgehead atoms. The molecule has 118 valence electrons. The van der Waals surface area contributed by atoms with Gasteiger partial charge in [0.15, 0.2) is 0 Å². The monoisotopic (exact) mass is 332 g/mol. The second-order valence-corrected chi connectivity index (χ2v) is 5.98. The Hall–Kier alpha value is -0.520. The minimum absolute atomic E-state index is 0.445. The Morgan fingerprint density at radius 3 is 2.71 bits per heavy atom. The molecule has 0 saturated carbocycles. The van der Waals surface area contributed by atoms with Crippen LogP contribution in [0, 0.1) is 0 Å². The van der Waals surface area contributed by atoms with E-state index in [1.807, 2.05) is 6.92 Å². The number of hydrogen-bond acceptors (Lipinski definition) is 4. The lowest BCUT2D eigenvalue weighted by molar-refractivity contribution is 0.133. The third-order valence-electron chi connectivity index (χ3n) is 3.61. The van der Waals surface area contributed by atoms with Gasteiger partial charge >= 0.3 is 0 Å². The van der Waals surface area contributed by atoms with Crippen molar-refractivity contribution in [3.8, 4) is 5.75 Å². The number of aliphatic hydroxyl groups is 1. The molecule has 1 aliphatic heterocycles. The van der Waals surface area contributed by atoms with Crippen molar-refractivity contribution in [1.82, 2.24) is 10.2 Å². The van der Waals surface area contributed by atoms with Crippen molar-refractivity contribution >= 4 is 23.2 Å². The number of benzene rings is 1. The normalized spacial score (nSPS) is 17.7. The van der Waals surface area contributed by atoms with E-state index in [4.69, 9.17) is 27.9 Å². The minimum Gasteiger partial charge on any atom is -0.492 e. The molecule has 1 fully saturated rings. The van der Waals surface area contributed by atoms with Crippen molar-refractivity contribution in [1.29, 1.82) is 0 Å². The molecular formula is C15H22Cl2N2O2. The largest absolute Gasteiger partial charge is 0.492 e. The van der Waals surface area contributed by atoms with Crippen LogP contribution in [0.25, 0.3) is 0 Å². The number of nitrogens with zero attached hydrogens (tertiary/aromatic N) is 1. The maximum absolute atomic E-state index is 10.5. The van der Waals surface area contributed by atoms with Crippen molar-refractivity contribution in [2.24, 2.45) is 0 Å². The molecule has 1 atom stereocenters. The summed E-state index contributed by atoms with van der Waals surface area (Å²) in [5.74, 6) is 0.538. The SMILES string of the molecule is CCOc1c(Cl)cc(Cl)cc1C(O)CCN1CCNCC1. The van der Waals surface area contributed by atoms with E-state index in [1.54, 1.807) is 12.1 Å². The van der Waals surface area contributed by atoms with Crippen LogP contribution in [0.2, 0.25) is 10.0 Å². The summed E-state index contributed by atoms with van der Waals surface area (Å²) in [4.78, 5) is 2.34. The van der Waals surface area contributed by atoms with Crippen LogP contribution in [0.5, 0.6) is 5.75 Å². The zero-order valence-corrected chi connectivity index (χ0v) is 13.8. The Bertz CT molecular complexity index is 465. The lowest BCUT2D eigenvalue weighted by Gasteiger charge is -2.28. The van der Waals surface area contributed by atoms with Gasteiger partial charge in [0.05, 0.1) is 17.7 Å². The molecule has 4 nitrogen and oxygen atoms in total. The third-order valence-corrected chi connectivity index (χ3v) is 4.11. The lowest BCUT2D eigenvalue weighted by Crippen LogP contribution is -2.44. The molecule has 0 aliphatic carbocycles. The molecule has 0 spiro atoms. The number of piperazine rings is 1. The molecule has 6 heteroatoms. The molecule has 1 aliphatic rings. The second kappa shape index (κ2) is 8.20. The van der Waals surface area contributed by atoms with Gasteiger partial charge in [-0.2, -0.15) is 0 Å². The van der Waals surface area contributed by atoms with Crippen LogP contribution < -0.4 is 10.1 Å². The predicted molar refractivity (Wildman–Crippen MR) is 86.5 cm³/mol. The van der Waals surface area contributed by atoms with E-state index in [9.17, 15) is 5.11 Å². The van der Waals surface area contributed by atoms with E-state index in [1.165, 1.54) is 0 Å². The van der Waals surface area contributed by atoms with E-state index in [-0.39, 0.29) is 0 Å². The molecule has 0 amide bonds. The van der Waals surface area contributed by atoms with Gasteiger partial charge in [-0.3, -0.25) is 0 Å². The maximum atomic E-state index is 10.5. The average molecular weight is 333 g/mol. The zero-order valence-electron chi connectivity index (χ0n) is 12.2. The fourth-order valence-electron chi connectivity index (χ4n) is 2.52. The van der Waals surface area contributed by atoms with Crippen LogP contribution in [0.15, 0.2) is 12.1 Å². The first-order valence-corrected chi connectivity index (χ1v) is 8.10. The van der Waals surface area contributed by atoms with E-state index in [2.05, 4.69) is 10.2 Å². The van der Waals surface area contributed by atoms with Gasteiger partial charge in [-0.15, -0.1) is 0 Å². The quantitative estimate of drug-likeness (QED) is 0.840. The molecule has 2 rings (SSSR count). The van der Waals surface area contributed by atoms with E-state index < -0.39 is 6.10 Å². The van der Waals surface area contributed by atoms with Crippen molar-refractivity contribution < 1.29 is 9.84 Å². The molecule has 2 N–H and O–H groups in total. The van der Waals surface area contributed by atoms with Crippen LogP contribution in [-0.4, -0.2) is 49.3 Å². The van der Waals surface area contributed by atoms with Gasteiger partial charge in [0.1, 0.15) is 5.75 Å². The standard InChI is InChI=1S/C15H22Cl2N2O2/c1-2-21-15-12(9-11(16)10-13(15)17)14(20)3-6-19-7-4-18-5-8-19/h9-10,14,18,20H,2-8H2,1H3. The van der Waals surface area contributed by atoms with Crippen molar-refractivity contribution in [3.05, 3.63) is 27.7 Å². The van der Waals surface area contributed by atoms with Gasteiger partial charge < -0.3 is 20.1 Å². The summed E-state index contributed by atoms with van der Waals surface area (Å²) < 4.78 is 5.56. The molecule has 0 radical (unpaired) electrons. The highest BCUT2D eigenvalue weighted by atomic mass is 35.5. The summed E-state index contributed by atoms with van der Waals surface area (Å²) in [6.07, 6.45) is 0.00847. The first kappa shape index (κ1) is 16.8. The first-order valence-electron chi connectivity index (χ1n) is 7.34. The highest BCUT2D eigenvalue weighted by molar-refractivity contribution is 6.35. The molecule has 1 unspecified atom stereocenters. The lowest BCUT2D eigenvalue weighted by atomic mass is 10.0. The van der Waals surface area contributed by atoms with Gasteiger partial charge in [0, 0.05) is 43.3 Å².